The molecule has 0 spiro atoms. The first-order valence-corrected chi connectivity index (χ1v) is 10.0. The van der Waals surface area contributed by atoms with Crippen molar-refractivity contribution in [3.05, 3.63) is 42.5 Å². The molecule has 2 aromatic carbocycles. The van der Waals surface area contributed by atoms with Gasteiger partial charge in [-0.25, -0.2) is 4.98 Å². The van der Waals surface area contributed by atoms with Crippen LogP contribution >= 0.6 is 11.8 Å². The zero-order chi connectivity index (χ0) is 18.6. The highest BCUT2D eigenvalue weighted by Gasteiger charge is 2.16. The number of hydrogen-bond donors (Lipinski definition) is 2. The van der Waals surface area contributed by atoms with Crippen LogP contribution in [0.25, 0.3) is 11.0 Å². The number of anilines is 2. The molecule has 140 valence electrons. The number of carbonyl (C=O) groups excluding carboxylic acids is 1. The lowest BCUT2D eigenvalue weighted by atomic mass is 10.2. The predicted molar refractivity (Wildman–Crippen MR) is 110 cm³/mol. The van der Waals surface area contributed by atoms with Gasteiger partial charge in [0.25, 0.3) is 0 Å². The lowest BCUT2D eigenvalue weighted by Crippen LogP contribution is -2.21. The Morgan fingerprint density at radius 2 is 2.07 bits per heavy atom. The lowest BCUT2D eigenvalue weighted by Gasteiger charge is -2.21. The molecule has 0 atom stereocenters. The van der Waals surface area contributed by atoms with Gasteiger partial charge >= 0.3 is 0 Å². The molecule has 2 heterocycles. The van der Waals surface area contributed by atoms with Gasteiger partial charge in [0.1, 0.15) is 5.75 Å². The smallest absolute Gasteiger partial charge is 0.234 e. The van der Waals surface area contributed by atoms with Crippen molar-refractivity contribution >= 4 is 40.1 Å². The Hall–Kier alpha value is -2.67. The van der Waals surface area contributed by atoms with E-state index in [-0.39, 0.29) is 5.91 Å². The zero-order valence-electron chi connectivity index (χ0n) is 15.2. The van der Waals surface area contributed by atoms with Gasteiger partial charge in [0.2, 0.25) is 5.91 Å². The third kappa shape index (κ3) is 4.03. The molecular weight excluding hydrogens is 360 g/mol. The average molecular weight is 382 g/mol. The average Bonchev–Trinajstić information content (AvgIpc) is 3.35. The van der Waals surface area contributed by atoms with Crippen LogP contribution in [0.2, 0.25) is 0 Å². The molecule has 2 N–H and O–H groups in total. The maximum atomic E-state index is 12.5. The van der Waals surface area contributed by atoms with Crippen molar-refractivity contribution in [3.63, 3.8) is 0 Å². The SMILES string of the molecule is COc1ccc2nc(SCC(=O)Nc3ccccc3N3CCCC3)[nH]c2c1. The molecule has 6 nitrogen and oxygen atoms in total. The molecule has 1 fully saturated rings. The molecule has 1 aromatic heterocycles. The molecule has 1 saturated heterocycles. The summed E-state index contributed by atoms with van der Waals surface area (Å²) in [6.07, 6.45) is 2.41. The van der Waals surface area contributed by atoms with E-state index in [9.17, 15) is 4.79 Å². The topological polar surface area (TPSA) is 70.2 Å². The second-order valence-electron chi connectivity index (χ2n) is 6.47. The van der Waals surface area contributed by atoms with E-state index in [1.165, 1.54) is 24.6 Å². The highest BCUT2D eigenvalue weighted by Crippen LogP contribution is 2.29. The standard InChI is InChI=1S/C20H22N4O2S/c1-26-14-8-9-15-17(12-14)23-20(22-15)27-13-19(25)21-16-6-2-3-7-18(16)24-10-4-5-11-24/h2-3,6-9,12H,4-5,10-11,13H2,1H3,(H,21,25)(H,22,23). The van der Waals surface area contributed by atoms with Gasteiger partial charge in [-0.15, -0.1) is 0 Å². The summed E-state index contributed by atoms with van der Waals surface area (Å²) in [7, 11) is 1.64. The van der Waals surface area contributed by atoms with Crippen LogP contribution in [0.15, 0.2) is 47.6 Å². The molecule has 1 amide bonds. The second kappa shape index (κ2) is 7.92. The molecule has 0 bridgehead atoms. The van der Waals surface area contributed by atoms with Crippen molar-refractivity contribution in [2.75, 3.05) is 36.2 Å². The maximum absolute atomic E-state index is 12.5. The number of rotatable bonds is 6. The molecule has 4 rings (SSSR count). The molecule has 3 aromatic rings. The molecule has 27 heavy (non-hydrogen) atoms. The first-order valence-electron chi connectivity index (χ1n) is 9.03. The molecule has 1 aliphatic heterocycles. The van der Waals surface area contributed by atoms with Gasteiger partial charge in [0.15, 0.2) is 5.16 Å². The number of aromatic amines is 1. The van der Waals surface area contributed by atoms with E-state index in [1.54, 1.807) is 7.11 Å². The second-order valence-corrected chi connectivity index (χ2v) is 7.44. The van der Waals surface area contributed by atoms with Crippen LogP contribution in [0, 0.1) is 0 Å². The number of hydrogen-bond acceptors (Lipinski definition) is 5. The molecule has 1 aliphatic rings. The minimum absolute atomic E-state index is 0.0373. The first-order chi connectivity index (χ1) is 13.2. The highest BCUT2D eigenvalue weighted by atomic mass is 32.2. The quantitative estimate of drug-likeness (QED) is 0.633. The molecular formula is C20H22N4O2S. The normalized spacial score (nSPS) is 13.9. The fourth-order valence-electron chi connectivity index (χ4n) is 3.29. The van der Waals surface area contributed by atoms with Crippen LogP contribution in [-0.4, -0.2) is 41.8 Å². The Balaban J connectivity index is 1.40. The van der Waals surface area contributed by atoms with E-state index in [2.05, 4.69) is 26.3 Å². The van der Waals surface area contributed by atoms with Crippen LogP contribution < -0.4 is 15.0 Å². The Bertz CT molecular complexity index is 950. The number of nitrogens with zero attached hydrogens (tertiary/aromatic N) is 2. The van der Waals surface area contributed by atoms with Gasteiger partial charge in [-0.05, 0) is 37.1 Å². The third-order valence-corrected chi connectivity index (χ3v) is 5.51. The number of imidazole rings is 1. The van der Waals surface area contributed by atoms with Crippen LogP contribution in [0.4, 0.5) is 11.4 Å². The summed E-state index contributed by atoms with van der Waals surface area (Å²) in [6, 6.07) is 13.7. The fraction of sp³-hybridized carbons (Fsp3) is 0.300. The Morgan fingerprint density at radius 1 is 1.26 bits per heavy atom. The van der Waals surface area contributed by atoms with E-state index in [0.29, 0.717) is 5.75 Å². The number of H-pyrrole nitrogens is 1. The van der Waals surface area contributed by atoms with Gasteiger partial charge in [-0.1, -0.05) is 23.9 Å². The highest BCUT2D eigenvalue weighted by molar-refractivity contribution is 7.99. The first kappa shape index (κ1) is 17.7. The van der Waals surface area contributed by atoms with Crippen LogP contribution in [0.1, 0.15) is 12.8 Å². The molecule has 7 heteroatoms. The van der Waals surface area contributed by atoms with Crippen LogP contribution in [0.3, 0.4) is 0 Å². The fourth-order valence-corrected chi connectivity index (χ4v) is 3.98. The Morgan fingerprint density at radius 3 is 2.89 bits per heavy atom. The van der Waals surface area contributed by atoms with Gasteiger partial charge in [-0.2, -0.15) is 0 Å². The van der Waals surface area contributed by atoms with E-state index >= 15 is 0 Å². The van der Waals surface area contributed by atoms with Crippen molar-refractivity contribution in [2.24, 2.45) is 0 Å². The monoisotopic (exact) mass is 382 g/mol. The van der Waals surface area contributed by atoms with Crippen molar-refractivity contribution in [2.45, 2.75) is 18.0 Å². The summed E-state index contributed by atoms with van der Waals surface area (Å²) < 4.78 is 5.23. The van der Waals surface area contributed by atoms with E-state index in [4.69, 9.17) is 4.74 Å². The Labute approximate surface area is 162 Å². The third-order valence-electron chi connectivity index (χ3n) is 4.63. The van der Waals surface area contributed by atoms with E-state index < -0.39 is 0 Å². The summed E-state index contributed by atoms with van der Waals surface area (Å²) in [6.45, 7) is 2.09. The van der Waals surface area contributed by atoms with Crippen molar-refractivity contribution in [1.82, 2.24) is 9.97 Å². The van der Waals surface area contributed by atoms with E-state index in [1.807, 2.05) is 36.4 Å². The number of nitrogens with one attached hydrogen (secondary N) is 2. The maximum Gasteiger partial charge on any atom is 0.234 e. The summed E-state index contributed by atoms with van der Waals surface area (Å²) in [5.41, 5.74) is 3.73. The van der Waals surface area contributed by atoms with Crippen molar-refractivity contribution in [1.29, 1.82) is 0 Å². The van der Waals surface area contributed by atoms with Crippen molar-refractivity contribution < 1.29 is 9.53 Å². The van der Waals surface area contributed by atoms with Gasteiger partial charge in [-0.3, -0.25) is 4.79 Å². The number of benzene rings is 2. The predicted octanol–water partition coefficient (Wildman–Crippen LogP) is 3.90. The largest absolute Gasteiger partial charge is 0.497 e. The summed E-state index contributed by atoms with van der Waals surface area (Å²) >= 11 is 1.39. The summed E-state index contributed by atoms with van der Waals surface area (Å²) in [4.78, 5) is 22.5. The zero-order valence-corrected chi connectivity index (χ0v) is 16.0. The summed E-state index contributed by atoms with van der Waals surface area (Å²) in [5, 5.41) is 3.77. The number of methoxy groups -OCH3 is 1. The number of thioether (sulfide) groups is 1. The van der Waals surface area contributed by atoms with Gasteiger partial charge < -0.3 is 19.9 Å². The summed E-state index contributed by atoms with van der Waals surface area (Å²) in [5.74, 6) is 1.04. The number of fused-ring (bicyclic) bond motifs is 1. The number of carbonyl (C=O) groups is 1. The minimum atomic E-state index is -0.0373. The molecule has 0 unspecified atom stereocenters. The molecule has 0 saturated carbocycles. The lowest BCUT2D eigenvalue weighted by molar-refractivity contribution is -0.113. The number of para-hydroxylation sites is 2. The van der Waals surface area contributed by atoms with Crippen LogP contribution in [-0.2, 0) is 4.79 Å². The number of ether oxygens (including phenoxy) is 1. The molecule has 0 radical (unpaired) electrons. The minimum Gasteiger partial charge on any atom is -0.497 e. The Kier molecular flexibility index (Phi) is 5.20. The van der Waals surface area contributed by atoms with E-state index in [0.717, 1.165) is 46.4 Å². The van der Waals surface area contributed by atoms with Gasteiger partial charge in [0.05, 0.1) is 35.3 Å². The molecule has 0 aliphatic carbocycles. The van der Waals surface area contributed by atoms with Crippen molar-refractivity contribution in [3.8, 4) is 5.75 Å². The van der Waals surface area contributed by atoms with Gasteiger partial charge in [0, 0.05) is 19.2 Å². The van der Waals surface area contributed by atoms with Crippen LogP contribution in [0.5, 0.6) is 5.75 Å². The number of aromatic nitrogens is 2. The number of amides is 1.